The van der Waals surface area contributed by atoms with Crippen molar-refractivity contribution < 1.29 is 4.79 Å². The quantitative estimate of drug-likeness (QED) is 0.824. The Morgan fingerprint density at radius 1 is 1.24 bits per heavy atom. The minimum absolute atomic E-state index is 0.128. The number of hydrogen-bond acceptors (Lipinski definition) is 3. The van der Waals surface area contributed by atoms with Gasteiger partial charge in [-0.25, -0.2) is 0 Å². The first-order chi connectivity index (χ1) is 8.21. The van der Waals surface area contributed by atoms with Gasteiger partial charge in [0.2, 0.25) is 0 Å². The van der Waals surface area contributed by atoms with Gasteiger partial charge in [0.05, 0.1) is 5.54 Å². The van der Waals surface area contributed by atoms with Crippen LogP contribution in [0.1, 0.15) is 36.0 Å². The number of benzene rings is 1. The van der Waals surface area contributed by atoms with Crippen LogP contribution < -0.4 is 5.73 Å². The summed E-state index contributed by atoms with van der Waals surface area (Å²) < 4.78 is 1.08. The number of hydrogen-bond donors (Lipinski definition) is 1. The van der Waals surface area contributed by atoms with Crippen LogP contribution in [0, 0.1) is 0 Å². The van der Waals surface area contributed by atoms with Crippen molar-refractivity contribution in [2.75, 3.05) is 0 Å². The van der Waals surface area contributed by atoms with Gasteiger partial charge in [0, 0.05) is 10.3 Å². The molecule has 1 aromatic carbocycles. The van der Waals surface area contributed by atoms with Gasteiger partial charge in [0.25, 0.3) is 0 Å². The van der Waals surface area contributed by atoms with Crippen molar-refractivity contribution in [3.05, 3.63) is 35.2 Å². The molecule has 1 aromatic heterocycles. The van der Waals surface area contributed by atoms with Crippen molar-refractivity contribution in [2.45, 2.75) is 31.2 Å². The second-order valence-electron chi connectivity index (χ2n) is 4.84. The highest BCUT2D eigenvalue weighted by Gasteiger charge is 2.38. The number of Topliss-reactive ketones (excluding diaryl/α,β-unsaturated/α-hetero) is 1. The van der Waals surface area contributed by atoms with E-state index in [0.717, 1.165) is 41.3 Å². The number of ketones is 1. The first-order valence-electron chi connectivity index (χ1n) is 6.01. The first-order valence-corrected chi connectivity index (χ1v) is 6.89. The fourth-order valence-electron chi connectivity index (χ4n) is 2.67. The minimum Gasteiger partial charge on any atom is -0.319 e. The number of nitrogens with two attached hydrogens (primary N) is 1. The zero-order valence-electron chi connectivity index (χ0n) is 9.61. The summed E-state index contributed by atoms with van der Waals surface area (Å²) in [6, 6.07) is 7.95. The lowest BCUT2D eigenvalue weighted by Gasteiger charge is -2.22. The molecule has 17 heavy (non-hydrogen) atoms. The number of carbonyl (C=O) groups excluding carboxylic acids is 1. The van der Waals surface area contributed by atoms with Crippen LogP contribution in [0.4, 0.5) is 0 Å². The predicted molar refractivity (Wildman–Crippen MR) is 71.5 cm³/mol. The largest absolute Gasteiger partial charge is 0.319 e. The molecule has 0 bridgehead atoms. The van der Waals surface area contributed by atoms with Gasteiger partial charge >= 0.3 is 0 Å². The normalized spacial score (nSPS) is 18.6. The van der Waals surface area contributed by atoms with Crippen LogP contribution in [0.15, 0.2) is 29.6 Å². The first kappa shape index (κ1) is 10.9. The van der Waals surface area contributed by atoms with Gasteiger partial charge in [0.1, 0.15) is 0 Å². The average Bonchev–Trinajstić information content (AvgIpc) is 2.96. The zero-order valence-corrected chi connectivity index (χ0v) is 10.4. The van der Waals surface area contributed by atoms with Gasteiger partial charge in [-0.1, -0.05) is 25.0 Å². The topological polar surface area (TPSA) is 43.1 Å². The number of thiophene rings is 1. The Morgan fingerprint density at radius 3 is 2.76 bits per heavy atom. The molecule has 1 aliphatic rings. The monoisotopic (exact) mass is 245 g/mol. The lowest BCUT2D eigenvalue weighted by atomic mass is 9.88. The Bertz CT molecular complexity index is 566. The van der Waals surface area contributed by atoms with Gasteiger partial charge in [-0.2, -0.15) is 0 Å². The second kappa shape index (κ2) is 3.93. The molecule has 2 N–H and O–H groups in total. The smallest absolute Gasteiger partial charge is 0.184 e. The van der Waals surface area contributed by atoms with E-state index in [1.165, 1.54) is 0 Å². The molecule has 88 valence electrons. The van der Waals surface area contributed by atoms with Crippen LogP contribution in [0.25, 0.3) is 10.1 Å². The molecule has 3 heteroatoms. The molecule has 0 radical (unpaired) electrons. The van der Waals surface area contributed by atoms with Gasteiger partial charge < -0.3 is 5.73 Å². The highest BCUT2D eigenvalue weighted by Crippen LogP contribution is 2.33. The number of fused-ring (bicyclic) bond motifs is 1. The summed E-state index contributed by atoms with van der Waals surface area (Å²) in [5.41, 5.74) is 6.44. The van der Waals surface area contributed by atoms with E-state index in [4.69, 9.17) is 5.73 Å². The number of carbonyl (C=O) groups is 1. The Kier molecular flexibility index (Phi) is 2.53. The molecule has 2 nitrogen and oxygen atoms in total. The predicted octanol–water partition coefficient (Wildman–Crippen LogP) is 3.36. The number of rotatable bonds is 2. The van der Waals surface area contributed by atoms with E-state index in [1.807, 2.05) is 23.6 Å². The third kappa shape index (κ3) is 1.70. The summed E-state index contributed by atoms with van der Waals surface area (Å²) in [5.74, 6) is 0.128. The molecular formula is C14H15NOS. The average molecular weight is 245 g/mol. The molecular weight excluding hydrogens is 230 g/mol. The Balaban J connectivity index is 2.09. The van der Waals surface area contributed by atoms with Gasteiger partial charge in [-0.05, 0) is 35.7 Å². The van der Waals surface area contributed by atoms with Crippen LogP contribution >= 0.6 is 11.3 Å². The van der Waals surface area contributed by atoms with E-state index < -0.39 is 5.54 Å². The molecule has 1 aliphatic carbocycles. The molecule has 0 atom stereocenters. The van der Waals surface area contributed by atoms with Crippen LogP contribution in [0.5, 0.6) is 0 Å². The molecule has 2 aromatic rings. The Hall–Kier alpha value is -1.19. The van der Waals surface area contributed by atoms with E-state index in [9.17, 15) is 4.79 Å². The van der Waals surface area contributed by atoms with Crippen LogP contribution in [0.3, 0.4) is 0 Å². The van der Waals surface area contributed by atoms with E-state index in [1.54, 1.807) is 11.3 Å². The second-order valence-corrected chi connectivity index (χ2v) is 5.75. The van der Waals surface area contributed by atoms with Crippen LogP contribution in [0.2, 0.25) is 0 Å². The third-order valence-electron chi connectivity index (χ3n) is 3.67. The van der Waals surface area contributed by atoms with Crippen LogP contribution in [-0.4, -0.2) is 11.3 Å². The maximum absolute atomic E-state index is 12.6. The maximum atomic E-state index is 12.6. The summed E-state index contributed by atoms with van der Waals surface area (Å²) in [6.45, 7) is 0. The zero-order chi connectivity index (χ0) is 11.9. The lowest BCUT2D eigenvalue weighted by Crippen LogP contribution is -2.45. The summed E-state index contributed by atoms with van der Waals surface area (Å²) in [7, 11) is 0. The Labute approximate surface area is 104 Å². The molecule has 1 fully saturated rings. The van der Waals surface area contributed by atoms with E-state index in [2.05, 4.69) is 6.07 Å². The van der Waals surface area contributed by atoms with E-state index in [-0.39, 0.29) is 5.78 Å². The molecule has 1 saturated carbocycles. The summed E-state index contributed by atoms with van der Waals surface area (Å²) in [6.07, 6.45) is 3.80. The highest BCUT2D eigenvalue weighted by molar-refractivity contribution is 7.17. The van der Waals surface area contributed by atoms with Gasteiger partial charge in [-0.3, -0.25) is 4.79 Å². The van der Waals surface area contributed by atoms with Crippen molar-refractivity contribution in [1.29, 1.82) is 0 Å². The molecule has 0 saturated heterocycles. The minimum atomic E-state index is -0.613. The van der Waals surface area contributed by atoms with Gasteiger partial charge in [0.15, 0.2) is 5.78 Å². The van der Waals surface area contributed by atoms with E-state index >= 15 is 0 Å². The van der Waals surface area contributed by atoms with Crippen molar-refractivity contribution in [2.24, 2.45) is 5.73 Å². The Morgan fingerprint density at radius 2 is 2.00 bits per heavy atom. The van der Waals surface area contributed by atoms with Gasteiger partial charge in [-0.15, -0.1) is 11.3 Å². The third-order valence-corrected chi connectivity index (χ3v) is 4.64. The molecule has 0 aliphatic heterocycles. The highest BCUT2D eigenvalue weighted by atomic mass is 32.1. The summed E-state index contributed by atoms with van der Waals surface area (Å²) in [5, 5.41) is 3.17. The van der Waals surface area contributed by atoms with Crippen molar-refractivity contribution in [1.82, 2.24) is 0 Å². The molecule has 1 heterocycles. The SMILES string of the molecule is NC1(C(=O)c2cccc3ccsc23)CCCC1. The van der Waals surface area contributed by atoms with Crippen molar-refractivity contribution in [3.8, 4) is 0 Å². The summed E-state index contributed by atoms with van der Waals surface area (Å²) in [4.78, 5) is 12.6. The molecule has 0 amide bonds. The van der Waals surface area contributed by atoms with Crippen molar-refractivity contribution in [3.63, 3.8) is 0 Å². The fraction of sp³-hybridized carbons (Fsp3) is 0.357. The summed E-state index contributed by atoms with van der Waals surface area (Å²) >= 11 is 1.62. The van der Waals surface area contributed by atoms with Crippen molar-refractivity contribution >= 4 is 27.2 Å². The molecule has 0 spiro atoms. The lowest BCUT2D eigenvalue weighted by molar-refractivity contribution is 0.0894. The molecule has 3 rings (SSSR count). The fourth-order valence-corrected chi connectivity index (χ4v) is 3.58. The van der Waals surface area contributed by atoms with E-state index in [0.29, 0.717) is 0 Å². The standard InChI is InChI=1S/C14H15NOS/c15-14(7-1-2-8-14)13(16)11-5-3-4-10-6-9-17-12(10)11/h3-6,9H,1-2,7-8,15H2. The maximum Gasteiger partial charge on any atom is 0.184 e. The molecule has 0 unspecified atom stereocenters. The van der Waals surface area contributed by atoms with Crippen LogP contribution in [-0.2, 0) is 0 Å².